The molecule has 0 radical (unpaired) electrons. The molecule has 8 nitrogen and oxygen atoms in total. The summed E-state index contributed by atoms with van der Waals surface area (Å²) in [4.78, 5) is 41.3. The summed E-state index contributed by atoms with van der Waals surface area (Å²) < 4.78 is 11.3. The number of ether oxygens (including phenoxy) is 2. The van der Waals surface area contributed by atoms with Crippen LogP contribution < -0.4 is 5.32 Å². The zero-order valence-electron chi connectivity index (χ0n) is 22.7. The summed E-state index contributed by atoms with van der Waals surface area (Å²) in [5.74, 6) is -1.49. The number of methoxy groups -OCH3 is 1. The molecule has 3 unspecified atom stereocenters. The van der Waals surface area contributed by atoms with Gasteiger partial charge < -0.3 is 24.8 Å². The Labute approximate surface area is 231 Å². The lowest BCUT2D eigenvalue weighted by molar-refractivity contribution is -0.153. The number of carbonyl (C=O) groups excluding carboxylic acids is 3. The van der Waals surface area contributed by atoms with Crippen LogP contribution in [0, 0.1) is 5.92 Å². The Kier molecular flexibility index (Phi) is 12.7. The van der Waals surface area contributed by atoms with E-state index in [0.717, 1.165) is 24.0 Å². The number of aliphatic hydroxyl groups is 1. The van der Waals surface area contributed by atoms with Gasteiger partial charge in [0.25, 0.3) is 0 Å². The largest absolute Gasteiger partial charge is 0.455 e. The minimum Gasteiger partial charge on any atom is -0.455 e. The summed E-state index contributed by atoms with van der Waals surface area (Å²) in [6, 6.07) is 18.2. The number of benzene rings is 2. The normalized spacial score (nSPS) is 20.9. The zero-order valence-corrected chi connectivity index (χ0v) is 22.7. The van der Waals surface area contributed by atoms with E-state index in [1.165, 1.54) is 7.11 Å². The fourth-order valence-corrected chi connectivity index (χ4v) is 4.66. The van der Waals surface area contributed by atoms with Crippen LogP contribution in [0.2, 0.25) is 0 Å². The first kappa shape index (κ1) is 30.1. The van der Waals surface area contributed by atoms with E-state index in [2.05, 4.69) is 5.32 Å². The van der Waals surface area contributed by atoms with Crippen molar-refractivity contribution in [1.29, 1.82) is 0 Å². The van der Waals surface area contributed by atoms with Crippen molar-refractivity contribution in [2.75, 3.05) is 26.9 Å². The molecule has 2 amide bonds. The minimum atomic E-state index is -0.735. The van der Waals surface area contributed by atoms with Gasteiger partial charge in [-0.05, 0) is 36.8 Å². The van der Waals surface area contributed by atoms with Crippen LogP contribution in [0.15, 0.2) is 72.8 Å². The van der Waals surface area contributed by atoms with Crippen molar-refractivity contribution in [3.8, 4) is 0 Å². The third-order valence-electron chi connectivity index (χ3n) is 6.75. The lowest BCUT2D eigenvalue weighted by Gasteiger charge is -2.30. The molecular formula is C31H40N2O6. The van der Waals surface area contributed by atoms with E-state index in [4.69, 9.17) is 9.47 Å². The van der Waals surface area contributed by atoms with Gasteiger partial charge in [0.05, 0.1) is 25.2 Å². The highest BCUT2D eigenvalue weighted by molar-refractivity contribution is 5.86. The predicted molar refractivity (Wildman–Crippen MR) is 148 cm³/mol. The lowest BCUT2D eigenvalue weighted by Crippen LogP contribution is -2.47. The molecule has 0 saturated heterocycles. The zero-order chi connectivity index (χ0) is 27.9. The fourth-order valence-electron chi connectivity index (χ4n) is 4.66. The first-order valence-electron chi connectivity index (χ1n) is 13.6. The van der Waals surface area contributed by atoms with E-state index in [1.807, 2.05) is 72.8 Å². The van der Waals surface area contributed by atoms with E-state index in [1.54, 1.807) is 4.90 Å². The second-order valence-corrected chi connectivity index (χ2v) is 9.77. The van der Waals surface area contributed by atoms with Crippen molar-refractivity contribution < 1.29 is 29.0 Å². The van der Waals surface area contributed by atoms with Crippen molar-refractivity contribution in [2.45, 2.75) is 57.2 Å². The maximum Gasteiger partial charge on any atom is 0.306 e. The highest BCUT2D eigenvalue weighted by Crippen LogP contribution is 2.25. The molecule has 2 N–H and O–H groups in total. The summed E-state index contributed by atoms with van der Waals surface area (Å²) in [6.07, 6.45) is 6.17. The maximum atomic E-state index is 13.6. The van der Waals surface area contributed by atoms with Gasteiger partial charge in [-0.2, -0.15) is 0 Å². The summed E-state index contributed by atoms with van der Waals surface area (Å²) >= 11 is 0. The average molecular weight is 537 g/mol. The van der Waals surface area contributed by atoms with Gasteiger partial charge in [-0.25, -0.2) is 0 Å². The highest BCUT2D eigenvalue weighted by atomic mass is 16.5. The number of hydrogen-bond donors (Lipinski definition) is 2. The number of carbonyl (C=O) groups is 3. The van der Waals surface area contributed by atoms with Crippen molar-refractivity contribution in [3.05, 3.63) is 83.9 Å². The molecule has 0 bridgehead atoms. The van der Waals surface area contributed by atoms with E-state index in [-0.39, 0.29) is 44.0 Å². The second-order valence-electron chi connectivity index (χ2n) is 9.77. The Balaban J connectivity index is 1.84. The van der Waals surface area contributed by atoms with Gasteiger partial charge in [0, 0.05) is 33.0 Å². The molecule has 2 aromatic carbocycles. The molecule has 3 atom stereocenters. The molecule has 0 fully saturated rings. The molecule has 1 aliphatic rings. The van der Waals surface area contributed by atoms with Crippen LogP contribution in [0.3, 0.4) is 0 Å². The van der Waals surface area contributed by atoms with Crippen LogP contribution >= 0.6 is 0 Å². The SMILES string of the molecule is COCC1NC(=O)C(CC(=O)N(CCO)Cc2ccccc2)CC=CCCCCC(=O)OC1c1ccccc1. The maximum absolute atomic E-state index is 13.6. The molecule has 210 valence electrons. The molecule has 8 heteroatoms. The van der Waals surface area contributed by atoms with Gasteiger partial charge in [-0.3, -0.25) is 14.4 Å². The Bertz CT molecular complexity index is 1060. The Morgan fingerprint density at radius 2 is 1.77 bits per heavy atom. The summed E-state index contributed by atoms with van der Waals surface area (Å²) in [5.41, 5.74) is 1.70. The van der Waals surface area contributed by atoms with Gasteiger partial charge in [-0.1, -0.05) is 72.8 Å². The average Bonchev–Trinajstić information content (AvgIpc) is 2.94. The molecule has 1 aliphatic heterocycles. The van der Waals surface area contributed by atoms with E-state index >= 15 is 0 Å². The first-order chi connectivity index (χ1) is 19.0. The number of hydrogen-bond acceptors (Lipinski definition) is 6. The topological polar surface area (TPSA) is 105 Å². The molecule has 2 aromatic rings. The van der Waals surface area contributed by atoms with Crippen LogP contribution in [0.1, 0.15) is 55.8 Å². The highest BCUT2D eigenvalue weighted by Gasteiger charge is 2.32. The first-order valence-corrected chi connectivity index (χ1v) is 13.6. The van der Waals surface area contributed by atoms with Crippen LogP contribution in [0.4, 0.5) is 0 Å². The summed E-state index contributed by atoms with van der Waals surface area (Å²) in [6.45, 7) is 0.480. The number of allylic oxidation sites excluding steroid dienone is 2. The Hall–Kier alpha value is -3.49. The van der Waals surface area contributed by atoms with Gasteiger partial charge in [0.1, 0.15) is 6.10 Å². The Morgan fingerprint density at radius 3 is 2.46 bits per heavy atom. The monoisotopic (exact) mass is 536 g/mol. The summed E-state index contributed by atoms with van der Waals surface area (Å²) in [7, 11) is 1.53. The van der Waals surface area contributed by atoms with Gasteiger partial charge in [0.15, 0.2) is 0 Å². The van der Waals surface area contributed by atoms with E-state index in [9.17, 15) is 19.5 Å². The third kappa shape index (κ3) is 9.96. The third-order valence-corrected chi connectivity index (χ3v) is 6.75. The molecule has 0 spiro atoms. The molecule has 39 heavy (non-hydrogen) atoms. The van der Waals surface area contributed by atoms with Gasteiger partial charge in [0.2, 0.25) is 11.8 Å². The Morgan fingerprint density at radius 1 is 1.05 bits per heavy atom. The molecule has 0 aliphatic carbocycles. The number of nitrogens with one attached hydrogen (secondary N) is 1. The molecule has 1 heterocycles. The number of esters is 1. The van der Waals surface area contributed by atoms with Gasteiger partial charge >= 0.3 is 5.97 Å². The van der Waals surface area contributed by atoms with Crippen LogP contribution in [0.25, 0.3) is 0 Å². The number of aliphatic hydroxyl groups excluding tert-OH is 1. The number of amides is 2. The molecule has 0 aromatic heterocycles. The molecule has 3 rings (SSSR count). The van der Waals surface area contributed by atoms with Crippen molar-refractivity contribution in [3.63, 3.8) is 0 Å². The minimum absolute atomic E-state index is 0.0154. The molecular weight excluding hydrogens is 496 g/mol. The number of nitrogens with zero attached hydrogens (tertiary/aromatic N) is 1. The fraction of sp³-hybridized carbons (Fsp3) is 0.452. The van der Waals surface area contributed by atoms with E-state index in [0.29, 0.717) is 25.8 Å². The standard InChI is InChI=1S/C31H40N2O6/c1-38-23-27-30(25-15-10-6-11-16-25)39-29(36)18-12-4-2-3-9-17-26(31(37)32-27)21-28(35)33(19-20-34)22-24-13-7-5-8-14-24/h3,5-11,13-16,26-27,30,34H,2,4,12,17-23H2,1H3,(H,32,37). The number of cyclic esters (lactones) is 1. The van der Waals surface area contributed by atoms with Gasteiger partial charge in [-0.15, -0.1) is 0 Å². The quantitative estimate of drug-likeness (QED) is 0.372. The van der Waals surface area contributed by atoms with Crippen LogP contribution in [0.5, 0.6) is 0 Å². The second kappa shape index (κ2) is 16.5. The van der Waals surface area contributed by atoms with Crippen molar-refractivity contribution >= 4 is 17.8 Å². The van der Waals surface area contributed by atoms with E-state index < -0.39 is 18.1 Å². The smallest absolute Gasteiger partial charge is 0.306 e. The lowest BCUT2D eigenvalue weighted by atomic mass is 9.96. The summed E-state index contributed by atoms with van der Waals surface area (Å²) in [5, 5.41) is 12.6. The number of rotatable bonds is 9. The predicted octanol–water partition coefficient (Wildman–Crippen LogP) is 3.95. The van der Waals surface area contributed by atoms with Crippen molar-refractivity contribution in [1.82, 2.24) is 10.2 Å². The van der Waals surface area contributed by atoms with Crippen LogP contribution in [-0.2, 0) is 30.4 Å². The molecule has 0 saturated carbocycles. The van der Waals surface area contributed by atoms with Crippen LogP contribution in [-0.4, -0.2) is 60.7 Å². The van der Waals surface area contributed by atoms with Crippen molar-refractivity contribution in [2.24, 2.45) is 5.92 Å².